The minimum atomic E-state index is -0.302. The van der Waals surface area contributed by atoms with Gasteiger partial charge < -0.3 is 4.74 Å². The van der Waals surface area contributed by atoms with E-state index in [4.69, 9.17) is 4.74 Å². The molecule has 0 atom stereocenters. The number of rotatable bonds is 6. The molecule has 146 valence electrons. The molecule has 28 heavy (non-hydrogen) atoms. The van der Waals surface area contributed by atoms with Crippen molar-refractivity contribution in [3.05, 3.63) is 64.1 Å². The van der Waals surface area contributed by atoms with Crippen LogP contribution in [0.4, 0.5) is 5.69 Å². The fraction of sp³-hybridized carbons (Fsp3) is 0.304. The van der Waals surface area contributed by atoms with Crippen LogP contribution >= 0.6 is 11.8 Å². The maximum atomic E-state index is 13.4. The Hall–Kier alpha value is -2.53. The van der Waals surface area contributed by atoms with Crippen LogP contribution in [0.5, 0.6) is 5.75 Å². The number of para-hydroxylation sites is 2. The monoisotopic (exact) mass is 395 g/mol. The van der Waals surface area contributed by atoms with Crippen LogP contribution in [0.25, 0.3) is 5.57 Å². The predicted molar refractivity (Wildman–Crippen MR) is 116 cm³/mol. The summed E-state index contributed by atoms with van der Waals surface area (Å²) < 4.78 is 5.67. The zero-order chi connectivity index (χ0) is 20.4. The summed E-state index contributed by atoms with van der Waals surface area (Å²) in [5, 5.41) is 0.176. The smallest absolute Gasteiger partial charge is 0.272 e. The van der Waals surface area contributed by atoms with Gasteiger partial charge in [-0.15, -0.1) is 11.8 Å². The van der Waals surface area contributed by atoms with Gasteiger partial charge in [0.2, 0.25) is 0 Å². The Bertz CT molecular complexity index is 962. The lowest BCUT2D eigenvalue weighted by Crippen LogP contribution is -2.31. The molecule has 0 saturated carbocycles. The molecule has 2 amide bonds. The van der Waals surface area contributed by atoms with Crippen molar-refractivity contribution >= 4 is 34.8 Å². The maximum Gasteiger partial charge on any atom is 0.272 e. The van der Waals surface area contributed by atoms with Gasteiger partial charge in [0, 0.05) is 5.25 Å². The van der Waals surface area contributed by atoms with Crippen molar-refractivity contribution in [2.24, 2.45) is 0 Å². The first-order chi connectivity index (χ1) is 13.3. The molecule has 0 aliphatic carbocycles. The lowest BCUT2D eigenvalue weighted by Gasteiger charge is -2.19. The first kappa shape index (κ1) is 20.2. The number of carbonyl (C=O) groups excluding carboxylic acids is 2. The van der Waals surface area contributed by atoms with E-state index in [9.17, 15) is 9.59 Å². The van der Waals surface area contributed by atoms with E-state index in [1.807, 2.05) is 65.0 Å². The van der Waals surface area contributed by atoms with E-state index in [1.54, 1.807) is 12.1 Å². The molecule has 0 aromatic heterocycles. The van der Waals surface area contributed by atoms with Crippen molar-refractivity contribution in [2.75, 3.05) is 11.5 Å². The number of amides is 2. The SMILES string of the molecule is CCOc1ccccc1N1C(=O)C(SC(C)C)=C(c2ccc(C)c(C)c2)C1=O. The van der Waals surface area contributed by atoms with Gasteiger partial charge in [0.25, 0.3) is 11.8 Å². The number of hydrogen-bond donors (Lipinski definition) is 0. The second kappa shape index (κ2) is 8.23. The molecular formula is C23H25NO3S. The molecule has 0 bridgehead atoms. The Morgan fingerprint density at radius 2 is 1.71 bits per heavy atom. The molecule has 5 heteroatoms. The Kier molecular flexibility index (Phi) is 5.94. The molecule has 0 radical (unpaired) electrons. The summed E-state index contributed by atoms with van der Waals surface area (Å²) in [5.74, 6) is -0.0606. The molecule has 2 aromatic carbocycles. The quantitative estimate of drug-likeness (QED) is 0.636. The summed E-state index contributed by atoms with van der Waals surface area (Å²) in [6, 6.07) is 13.1. The van der Waals surface area contributed by atoms with Crippen LogP contribution in [0.15, 0.2) is 47.4 Å². The fourth-order valence-corrected chi connectivity index (χ4v) is 4.13. The first-order valence-electron chi connectivity index (χ1n) is 9.44. The van der Waals surface area contributed by atoms with Gasteiger partial charge in [0.05, 0.1) is 22.8 Å². The number of benzene rings is 2. The molecule has 3 rings (SSSR count). The van der Waals surface area contributed by atoms with Gasteiger partial charge in [0.15, 0.2) is 0 Å². The summed E-state index contributed by atoms with van der Waals surface area (Å²) >= 11 is 1.43. The van der Waals surface area contributed by atoms with E-state index in [-0.39, 0.29) is 17.1 Å². The Morgan fingerprint density at radius 1 is 1.00 bits per heavy atom. The van der Waals surface area contributed by atoms with Gasteiger partial charge in [-0.1, -0.05) is 44.2 Å². The van der Waals surface area contributed by atoms with Gasteiger partial charge in [0.1, 0.15) is 5.75 Å². The lowest BCUT2D eigenvalue weighted by atomic mass is 10.0. The van der Waals surface area contributed by atoms with Crippen molar-refractivity contribution in [1.29, 1.82) is 0 Å². The van der Waals surface area contributed by atoms with E-state index in [2.05, 4.69) is 0 Å². The number of anilines is 1. The topological polar surface area (TPSA) is 46.6 Å². The molecule has 1 heterocycles. The summed E-state index contributed by atoms with van der Waals surface area (Å²) in [4.78, 5) is 28.5. The Morgan fingerprint density at radius 3 is 2.36 bits per heavy atom. The summed E-state index contributed by atoms with van der Waals surface area (Å²) in [5.41, 5.74) is 3.98. The minimum Gasteiger partial charge on any atom is -0.492 e. The van der Waals surface area contributed by atoms with Crippen LogP contribution in [0.3, 0.4) is 0 Å². The maximum absolute atomic E-state index is 13.4. The number of imide groups is 1. The Labute approximate surface area is 170 Å². The standard InChI is InChI=1S/C23H25NO3S/c1-6-27-19-10-8-7-9-18(19)24-22(25)20(21(23(24)26)28-14(2)3)17-12-11-15(4)16(5)13-17/h7-14H,6H2,1-5H3. The number of nitrogens with zero attached hydrogens (tertiary/aromatic N) is 1. The van der Waals surface area contributed by atoms with Gasteiger partial charge in [-0.05, 0) is 49.6 Å². The minimum absolute atomic E-state index is 0.176. The second-order valence-corrected chi connectivity index (χ2v) is 8.60. The van der Waals surface area contributed by atoms with Crippen molar-refractivity contribution in [3.8, 4) is 5.75 Å². The molecule has 0 fully saturated rings. The number of hydrogen-bond acceptors (Lipinski definition) is 4. The van der Waals surface area contributed by atoms with E-state index >= 15 is 0 Å². The van der Waals surface area contributed by atoms with Crippen molar-refractivity contribution in [1.82, 2.24) is 0 Å². The molecule has 0 saturated heterocycles. The van der Waals surface area contributed by atoms with Gasteiger partial charge in [-0.25, -0.2) is 4.90 Å². The molecule has 2 aromatic rings. The highest BCUT2D eigenvalue weighted by Crippen LogP contribution is 2.42. The third-order valence-corrected chi connectivity index (χ3v) is 5.68. The number of ether oxygens (including phenoxy) is 1. The molecule has 1 aliphatic rings. The lowest BCUT2D eigenvalue weighted by molar-refractivity contribution is -0.119. The number of carbonyl (C=O) groups is 2. The fourth-order valence-electron chi connectivity index (χ4n) is 3.14. The molecule has 0 unspecified atom stereocenters. The third-order valence-electron chi connectivity index (χ3n) is 4.60. The highest BCUT2D eigenvalue weighted by atomic mass is 32.2. The van der Waals surface area contributed by atoms with Gasteiger partial charge >= 0.3 is 0 Å². The first-order valence-corrected chi connectivity index (χ1v) is 10.3. The average molecular weight is 396 g/mol. The third kappa shape index (κ3) is 3.72. The average Bonchev–Trinajstić information content (AvgIpc) is 2.88. The predicted octanol–water partition coefficient (Wildman–Crippen LogP) is 5.13. The Balaban J connectivity index is 2.14. The van der Waals surface area contributed by atoms with Gasteiger partial charge in [-0.3, -0.25) is 9.59 Å². The number of aryl methyl sites for hydroxylation is 2. The summed E-state index contributed by atoms with van der Waals surface area (Å²) in [6.45, 7) is 10.4. The van der Waals surface area contributed by atoms with Crippen LogP contribution in [0.1, 0.15) is 37.5 Å². The van der Waals surface area contributed by atoms with Crippen molar-refractivity contribution < 1.29 is 14.3 Å². The van der Waals surface area contributed by atoms with E-state index < -0.39 is 0 Å². The van der Waals surface area contributed by atoms with Crippen LogP contribution in [-0.4, -0.2) is 23.7 Å². The highest BCUT2D eigenvalue weighted by molar-refractivity contribution is 8.04. The van der Waals surface area contributed by atoms with E-state index in [0.717, 1.165) is 16.7 Å². The molecule has 4 nitrogen and oxygen atoms in total. The van der Waals surface area contributed by atoms with Crippen LogP contribution < -0.4 is 9.64 Å². The summed E-state index contributed by atoms with van der Waals surface area (Å²) in [6.07, 6.45) is 0. The van der Waals surface area contributed by atoms with Crippen molar-refractivity contribution in [3.63, 3.8) is 0 Å². The van der Waals surface area contributed by atoms with E-state index in [1.165, 1.54) is 16.7 Å². The zero-order valence-electron chi connectivity index (χ0n) is 16.9. The molecular weight excluding hydrogens is 370 g/mol. The zero-order valence-corrected chi connectivity index (χ0v) is 17.7. The van der Waals surface area contributed by atoms with E-state index in [0.29, 0.717) is 28.5 Å². The molecule has 0 N–H and O–H groups in total. The molecule has 0 spiro atoms. The van der Waals surface area contributed by atoms with Crippen LogP contribution in [0.2, 0.25) is 0 Å². The normalized spacial score (nSPS) is 14.4. The van der Waals surface area contributed by atoms with Crippen molar-refractivity contribution in [2.45, 2.75) is 39.9 Å². The second-order valence-electron chi connectivity index (χ2n) is 7.02. The largest absolute Gasteiger partial charge is 0.492 e. The van der Waals surface area contributed by atoms with Crippen LogP contribution in [-0.2, 0) is 9.59 Å². The van der Waals surface area contributed by atoms with Crippen LogP contribution in [0, 0.1) is 13.8 Å². The summed E-state index contributed by atoms with van der Waals surface area (Å²) in [7, 11) is 0. The highest BCUT2D eigenvalue weighted by Gasteiger charge is 2.41. The molecule has 1 aliphatic heterocycles. The van der Waals surface area contributed by atoms with Gasteiger partial charge in [-0.2, -0.15) is 0 Å². The number of thioether (sulfide) groups is 1.